The van der Waals surface area contributed by atoms with E-state index >= 15 is 0 Å². The molecule has 2 N–H and O–H groups in total. The maximum atomic E-state index is 13.2. The Hall–Kier alpha value is -3.37. The maximum absolute atomic E-state index is 13.2. The molecule has 0 radical (unpaired) electrons. The number of halogens is 2. The van der Waals surface area contributed by atoms with Gasteiger partial charge in [-0.05, 0) is 6.92 Å². The van der Waals surface area contributed by atoms with Gasteiger partial charge in [-0.25, -0.2) is 18.7 Å². The minimum atomic E-state index is -2.87. The first-order valence-corrected chi connectivity index (χ1v) is 10.7. The molecule has 3 aromatic heterocycles. The van der Waals surface area contributed by atoms with Gasteiger partial charge in [0.1, 0.15) is 5.52 Å². The number of likely N-dealkylation sites (tertiary alicyclic amines) is 1. The van der Waals surface area contributed by atoms with E-state index in [9.17, 15) is 18.4 Å². The van der Waals surface area contributed by atoms with Crippen LogP contribution in [0.3, 0.4) is 0 Å². The minimum Gasteiger partial charge on any atom is -0.344 e. The molecule has 9 nitrogen and oxygen atoms in total. The number of alkyl halides is 2. The lowest BCUT2D eigenvalue weighted by Gasteiger charge is -2.16. The number of nitrogens with one attached hydrogen (secondary N) is 2. The van der Waals surface area contributed by atoms with Gasteiger partial charge < -0.3 is 15.2 Å². The van der Waals surface area contributed by atoms with Crippen LogP contribution in [0.4, 0.5) is 8.78 Å². The van der Waals surface area contributed by atoms with Crippen LogP contribution >= 0.6 is 0 Å². The molecule has 2 fully saturated rings. The van der Waals surface area contributed by atoms with Crippen LogP contribution in [-0.2, 0) is 11.3 Å². The molecular formula is C21H25F2N7O2. The van der Waals surface area contributed by atoms with E-state index in [1.54, 1.807) is 17.1 Å². The van der Waals surface area contributed by atoms with E-state index in [4.69, 9.17) is 0 Å². The number of amides is 2. The second-order valence-corrected chi connectivity index (χ2v) is 7.90. The summed E-state index contributed by atoms with van der Waals surface area (Å²) < 4.78 is 28.2. The van der Waals surface area contributed by atoms with Crippen molar-refractivity contribution >= 4 is 23.0 Å². The molecule has 2 aliphatic rings. The predicted octanol–water partition coefficient (Wildman–Crippen LogP) is 2.61. The van der Waals surface area contributed by atoms with Crippen molar-refractivity contribution in [3.05, 3.63) is 30.4 Å². The molecule has 11 heteroatoms. The number of carbonyl (C=O) groups excluding carboxylic acids is 2. The predicted molar refractivity (Wildman–Crippen MR) is 113 cm³/mol. The molecule has 0 unspecified atom stereocenters. The van der Waals surface area contributed by atoms with E-state index in [2.05, 4.69) is 25.4 Å². The number of nitrogens with zero attached hydrogens (tertiary/aromatic N) is 5. The number of aromatic nitrogens is 5. The minimum absolute atomic E-state index is 0.0188. The third-order valence-corrected chi connectivity index (χ3v) is 5.15. The van der Waals surface area contributed by atoms with E-state index in [1.807, 2.05) is 13.1 Å². The molecule has 2 amide bonds. The van der Waals surface area contributed by atoms with Crippen molar-refractivity contribution < 1.29 is 18.4 Å². The fourth-order valence-corrected chi connectivity index (χ4v) is 3.18. The van der Waals surface area contributed by atoms with Crippen LogP contribution < -0.4 is 5.32 Å². The van der Waals surface area contributed by atoms with E-state index in [-0.39, 0.29) is 25.1 Å². The largest absolute Gasteiger partial charge is 0.344 e. The number of fused-ring (bicyclic) bond motifs is 1. The Morgan fingerprint density at radius 3 is 2.66 bits per heavy atom. The summed E-state index contributed by atoms with van der Waals surface area (Å²) in [5.41, 5.74) is 2.31. The highest BCUT2D eigenvalue weighted by molar-refractivity contribution is 6.05. The maximum Gasteiger partial charge on any atom is 0.267 e. The molecule has 3 aromatic rings. The van der Waals surface area contributed by atoms with Crippen molar-refractivity contribution in [1.82, 2.24) is 34.9 Å². The summed E-state index contributed by atoms with van der Waals surface area (Å²) in [6, 6.07) is 0. The van der Waals surface area contributed by atoms with Crippen molar-refractivity contribution in [1.29, 1.82) is 0 Å². The number of hydrogen-bond donors (Lipinski definition) is 2. The summed E-state index contributed by atoms with van der Waals surface area (Å²) >= 11 is 0. The summed E-state index contributed by atoms with van der Waals surface area (Å²) in [7, 11) is 0. The quantitative estimate of drug-likeness (QED) is 0.628. The lowest BCUT2D eigenvalue weighted by molar-refractivity contribution is -0.130. The summed E-state index contributed by atoms with van der Waals surface area (Å²) in [5.74, 6) is -3.95. The zero-order valence-corrected chi connectivity index (χ0v) is 17.8. The van der Waals surface area contributed by atoms with Crippen LogP contribution in [0, 0.1) is 0 Å². The average Bonchev–Trinajstić information content (AvgIpc) is 3.34. The number of aryl methyl sites for hydroxylation is 1. The van der Waals surface area contributed by atoms with Crippen molar-refractivity contribution in [3.63, 3.8) is 0 Å². The molecule has 0 bridgehead atoms. The van der Waals surface area contributed by atoms with Crippen molar-refractivity contribution in [2.45, 2.75) is 45.1 Å². The second kappa shape index (κ2) is 9.01. The Kier molecular flexibility index (Phi) is 6.15. The smallest absolute Gasteiger partial charge is 0.267 e. The van der Waals surface area contributed by atoms with Gasteiger partial charge in [-0.15, -0.1) is 0 Å². The van der Waals surface area contributed by atoms with Crippen LogP contribution in [0.15, 0.2) is 24.8 Å². The van der Waals surface area contributed by atoms with Gasteiger partial charge in [0.2, 0.25) is 5.91 Å². The lowest BCUT2D eigenvalue weighted by atomic mass is 10.2. The molecule has 5 rings (SSSR count). The molecular weight excluding hydrogens is 420 g/mol. The van der Waals surface area contributed by atoms with Crippen LogP contribution in [0.1, 0.15) is 43.0 Å². The van der Waals surface area contributed by atoms with Gasteiger partial charge in [0.05, 0.1) is 36.7 Å². The molecule has 32 heavy (non-hydrogen) atoms. The topological polar surface area (TPSA) is 109 Å². The Morgan fingerprint density at radius 2 is 2.03 bits per heavy atom. The Bertz CT molecular complexity index is 1120. The zero-order chi connectivity index (χ0) is 22.7. The molecule has 4 heterocycles. The van der Waals surface area contributed by atoms with Gasteiger partial charge in [0, 0.05) is 37.5 Å². The van der Waals surface area contributed by atoms with E-state index in [0.717, 1.165) is 10.5 Å². The first kappa shape index (κ1) is 21.8. The van der Waals surface area contributed by atoms with Gasteiger partial charge in [-0.1, -0.05) is 19.3 Å². The standard InChI is InChI=1S/C18H19F2N7O2.C3H6/c1-2-27-9-11(5-24-27)13-7-22-16-15(25-13)12(6-21-16)17(29)23-8-14(28)26-4-3-18(19,20)10-26;1-2-3-1/h5-7,9H,2-4,8,10H2,1H3,(H,21,22)(H,23,29);1-3H2. The van der Waals surface area contributed by atoms with Crippen LogP contribution in [0.2, 0.25) is 0 Å². The molecule has 1 saturated carbocycles. The number of rotatable bonds is 5. The highest BCUT2D eigenvalue weighted by atomic mass is 19.3. The van der Waals surface area contributed by atoms with E-state index in [0.29, 0.717) is 23.4 Å². The molecule has 1 saturated heterocycles. The number of aromatic amines is 1. The highest BCUT2D eigenvalue weighted by Gasteiger charge is 2.40. The molecule has 1 aliphatic heterocycles. The highest BCUT2D eigenvalue weighted by Crippen LogP contribution is 2.26. The van der Waals surface area contributed by atoms with Crippen LogP contribution in [0.25, 0.3) is 22.4 Å². The van der Waals surface area contributed by atoms with E-state index in [1.165, 1.54) is 25.5 Å². The van der Waals surface area contributed by atoms with Gasteiger partial charge in [0.25, 0.3) is 11.8 Å². The van der Waals surface area contributed by atoms with Crippen molar-refractivity contribution in [2.75, 3.05) is 19.6 Å². The summed E-state index contributed by atoms with van der Waals surface area (Å²) in [4.78, 5) is 37.3. The lowest BCUT2D eigenvalue weighted by Crippen LogP contribution is -2.40. The Balaban J connectivity index is 0.000000754. The summed E-state index contributed by atoms with van der Waals surface area (Å²) in [6.45, 7) is 1.68. The average molecular weight is 445 g/mol. The van der Waals surface area contributed by atoms with Crippen LogP contribution in [-0.4, -0.2) is 67.0 Å². The SMILES string of the molecule is C1CC1.CCn1cc(-c2cnc3[nH]cc(C(=O)NCC(=O)N4CCC(F)(F)C4)c3n2)cn1. The number of H-pyrrole nitrogens is 1. The fraction of sp³-hybridized carbons (Fsp3) is 0.476. The third-order valence-electron chi connectivity index (χ3n) is 5.15. The molecule has 0 spiro atoms. The van der Waals surface area contributed by atoms with Gasteiger partial charge in [0.15, 0.2) is 5.65 Å². The van der Waals surface area contributed by atoms with Gasteiger partial charge in [-0.2, -0.15) is 5.10 Å². The first-order chi connectivity index (χ1) is 15.4. The summed E-state index contributed by atoms with van der Waals surface area (Å²) in [5, 5.41) is 6.67. The van der Waals surface area contributed by atoms with Gasteiger partial charge >= 0.3 is 0 Å². The normalized spacial score (nSPS) is 16.5. The number of carbonyl (C=O) groups is 2. The van der Waals surface area contributed by atoms with Crippen molar-refractivity contribution in [2.24, 2.45) is 0 Å². The Morgan fingerprint density at radius 1 is 1.25 bits per heavy atom. The number of hydrogen-bond acceptors (Lipinski definition) is 5. The molecule has 170 valence electrons. The molecule has 0 aromatic carbocycles. The second-order valence-electron chi connectivity index (χ2n) is 7.90. The molecule has 0 atom stereocenters. The zero-order valence-electron chi connectivity index (χ0n) is 17.8. The summed E-state index contributed by atoms with van der Waals surface area (Å²) in [6.07, 6.45) is 10.7. The van der Waals surface area contributed by atoms with Crippen LogP contribution in [0.5, 0.6) is 0 Å². The third kappa shape index (κ3) is 5.09. The van der Waals surface area contributed by atoms with Gasteiger partial charge in [-0.3, -0.25) is 14.3 Å². The fourth-order valence-electron chi connectivity index (χ4n) is 3.18. The van der Waals surface area contributed by atoms with Crippen molar-refractivity contribution in [3.8, 4) is 11.3 Å². The van der Waals surface area contributed by atoms with E-state index < -0.39 is 24.3 Å². The first-order valence-electron chi connectivity index (χ1n) is 10.7. The Labute approximate surface area is 183 Å². The molecule has 1 aliphatic carbocycles. The monoisotopic (exact) mass is 445 g/mol.